The van der Waals surface area contributed by atoms with Crippen molar-refractivity contribution >= 4 is 60.5 Å². The molecule has 1 amide bonds. The van der Waals surface area contributed by atoms with Gasteiger partial charge in [0.25, 0.3) is 5.56 Å². The summed E-state index contributed by atoms with van der Waals surface area (Å²) in [5, 5.41) is 4.87. The number of aryl methyl sites for hydroxylation is 2. The Kier molecular flexibility index (Phi) is 4.72. The maximum absolute atomic E-state index is 13.3. The first kappa shape index (κ1) is 21.5. The van der Waals surface area contributed by atoms with Gasteiger partial charge in [-0.25, -0.2) is 15.0 Å². The second kappa shape index (κ2) is 7.89. The number of hydrogen-bond donors (Lipinski definition) is 2. The molecule has 11 heteroatoms. The van der Waals surface area contributed by atoms with Crippen LogP contribution < -0.4 is 10.9 Å². The van der Waals surface area contributed by atoms with Crippen molar-refractivity contribution in [2.75, 3.05) is 5.32 Å². The number of nitrogens with zero attached hydrogens (tertiary/aromatic N) is 6. The third kappa shape index (κ3) is 3.41. The number of carbonyl (C=O) groups is 1. The van der Waals surface area contributed by atoms with Crippen LogP contribution in [0.15, 0.2) is 29.5 Å². The molecule has 5 aromatic rings. The zero-order valence-corrected chi connectivity index (χ0v) is 20.9. The van der Waals surface area contributed by atoms with E-state index in [1.54, 1.807) is 18.6 Å². The van der Waals surface area contributed by atoms with Crippen LogP contribution in [0, 0.1) is 0 Å². The summed E-state index contributed by atoms with van der Waals surface area (Å²) in [5.74, 6) is 0.800. The summed E-state index contributed by atoms with van der Waals surface area (Å²) in [6, 6.07) is 4.75. The minimum absolute atomic E-state index is 0.162. The second-order valence-corrected chi connectivity index (χ2v) is 10.7. The average molecular weight is 503 g/mol. The molecule has 2 N–H and O–H groups in total. The lowest BCUT2D eigenvalue weighted by molar-refractivity contribution is -0.131. The number of nitrogens with one attached hydrogen (secondary N) is 2. The molecule has 0 bridgehead atoms. The maximum Gasteiger partial charge on any atom is 0.267 e. The minimum atomic E-state index is -0.162. The molecular weight excluding hydrogens is 476 g/mol. The normalized spacial score (nSPS) is 15.8. The number of thiazole rings is 1. The van der Waals surface area contributed by atoms with Crippen LogP contribution in [0.2, 0.25) is 0 Å². The van der Waals surface area contributed by atoms with Crippen LogP contribution in [0.25, 0.3) is 32.3 Å². The molecule has 0 saturated heterocycles. The van der Waals surface area contributed by atoms with Gasteiger partial charge in [0.05, 0.1) is 23.8 Å². The molecule has 2 aliphatic rings. The number of aromatic amines is 1. The second-order valence-electron chi connectivity index (χ2n) is 9.74. The van der Waals surface area contributed by atoms with E-state index in [2.05, 4.69) is 42.7 Å². The smallest absolute Gasteiger partial charge is 0.267 e. The Hall–Kier alpha value is -3.73. The highest BCUT2D eigenvalue weighted by molar-refractivity contribution is 7.22. The van der Waals surface area contributed by atoms with Gasteiger partial charge >= 0.3 is 0 Å². The van der Waals surface area contributed by atoms with Gasteiger partial charge in [0.15, 0.2) is 10.9 Å². The zero-order valence-electron chi connectivity index (χ0n) is 20.1. The van der Waals surface area contributed by atoms with E-state index >= 15 is 0 Å². The van der Waals surface area contributed by atoms with Crippen LogP contribution in [-0.4, -0.2) is 52.0 Å². The summed E-state index contributed by atoms with van der Waals surface area (Å²) in [7, 11) is 1.96. The average Bonchev–Trinajstić information content (AvgIpc) is 3.76. The first-order valence-electron chi connectivity index (χ1n) is 12.4. The fourth-order valence-corrected chi connectivity index (χ4v) is 6.09. The van der Waals surface area contributed by atoms with Gasteiger partial charge < -0.3 is 24.3 Å². The summed E-state index contributed by atoms with van der Waals surface area (Å²) in [5.41, 5.74) is 3.93. The number of rotatable bonds is 7. The van der Waals surface area contributed by atoms with E-state index in [9.17, 15) is 9.59 Å². The Labute approximate surface area is 210 Å². The number of anilines is 2. The van der Waals surface area contributed by atoms with Gasteiger partial charge in [0, 0.05) is 43.0 Å². The Morgan fingerprint density at radius 2 is 2.03 bits per heavy atom. The Morgan fingerprint density at radius 1 is 1.25 bits per heavy atom. The largest absolute Gasteiger partial charge is 0.336 e. The maximum atomic E-state index is 13.3. The van der Waals surface area contributed by atoms with Gasteiger partial charge in [-0.15, -0.1) is 0 Å². The lowest BCUT2D eigenvalue weighted by atomic mass is 10.2. The molecule has 5 aromatic heterocycles. The molecule has 0 spiro atoms. The highest BCUT2D eigenvalue weighted by Crippen LogP contribution is 2.38. The quantitative estimate of drug-likeness (QED) is 0.351. The lowest BCUT2D eigenvalue weighted by Crippen LogP contribution is -2.36. The van der Waals surface area contributed by atoms with E-state index in [4.69, 9.17) is 4.98 Å². The molecule has 0 atom stereocenters. The van der Waals surface area contributed by atoms with Gasteiger partial charge in [-0.1, -0.05) is 11.3 Å². The number of fused-ring (bicyclic) bond motifs is 4. The SMILES string of the molecule is CCn1c(CC(=O)N(C2CC2)C2CC2)cc2c3c(ncn3C)c(Nc3nc4cc[nH]c(=O)c4s3)nc21. The summed E-state index contributed by atoms with van der Waals surface area (Å²) in [6.45, 7) is 2.78. The number of carbonyl (C=O) groups excluding carboxylic acids is 1. The third-order valence-electron chi connectivity index (χ3n) is 7.15. The lowest BCUT2D eigenvalue weighted by Gasteiger charge is -2.22. The van der Waals surface area contributed by atoms with Crippen molar-refractivity contribution in [1.82, 2.24) is 34.0 Å². The van der Waals surface area contributed by atoms with Crippen molar-refractivity contribution in [3.63, 3.8) is 0 Å². The summed E-state index contributed by atoms with van der Waals surface area (Å²) >= 11 is 1.29. The number of imidazole rings is 1. The van der Waals surface area contributed by atoms with Crippen molar-refractivity contribution in [3.8, 4) is 0 Å². The van der Waals surface area contributed by atoms with Crippen molar-refractivity contribution in [1.29, 1.82) is 0 Å². The Balaban J connectivity index is 1.32. The topological polar surface area (TPSA) is 114 Å². The number of H-pyrrole nitrogens is 1. The van der Waals surface area contributed by atoms with Crippen LogP contribution in [-0.2, 0) is 24.8 Å². The van der Waals surface area contributed by atoms with Crippen molar-refractivity contribution < 1.29 is 4.79 Å². The summed E-state index contributed by atoms with van der Waals surface area (Å²) in [6.07, 6.45) is 8.26. The fraction of sp³-hybridized carbons (Fsp3) is 0.400. The zero-order chi connectivity index (χ0) is 24.6. The molecule has 2 fully saturated rings. The van der Waals surface area contributed by atoms with Crippen LogP contribution in [0.4, 0.5) is 10.9 Å². The van der Waals surface area contributed by atoms with Gasteiger partial charge in [-0.05, 0) is 44.7 Å². The molecule has 0 unspecified atom stereocenters. The van der Waals surface area contributed by atoms with E-state index in [0.29, 0.717) is 46.2 Å². The van der Waals surface area contributed by atoms with Gasteiger partial charge in [-0.3, -0.25) is 9.59 Å². The number of aromatic nitrogens is 6. The molecule has 10 nitrogen and oxygen atoms in total. The monoisotopic (exact) mass is 502 g/mol. The molecule has 184 valence electrons. The molecule has 0 aromatic carbocycles. The molecule has 0 radical (unpaired) electrons. The standard InChI is InChI=1S/C25H26N8O2S/c1-3-32-15(11-18(34)33(13-4-5-13)14-6-7-14)10-16-20-19(27-12-31(20)2)22(29-23(16)32)30-25-28-17-8-9-26-24(35)21(17)36-25/h8-10,12-14H,3-7,11H2,1-2H3,(H,26,35)(H,28,29,30). The van der Waals surface area contributed by atoms with Crippen molar-refractivity contribution in [2.45, 2.75) is 57.7 Å². The summed E-state index contributed by atoms with van der Waals surface area (Å²) in [4.78, 5) is 44.5. The van der Waals surface area contributed by atoms with E-state index in [1.807, 2.05) is 11.6 Å². The predicted molar refractivity (Wildman–Crippen MR) is 140 cm³/mol. The van der Waals surface area contributed by atoms with Crippen molar-refractivity contribution in [2.24, 2.45) is 7.05 Å². The van der Waals surface area contributed by atoms with Gasteiger partial charge in [0.1, 0.15) is 15.9 Å². The number of pyridine rings is 2. The molecule has 5 heterocycles. The van der Waals surface area contributed by atoms with E-state index in [1.165, 1.54) is 11.3 Å². The van der Waals surface area contributed by atoms with Gasteiger partial charge in [-0.2, -0.15) is 0 Å². The van der Waals surface area contributed by atoms with Crippen molar-refractivity contribution in [3.05, 3.63) is 40.7 Å². The predicted octanol–water partition coefficient (Wildman–Crippen LogP) is 3.68. The van der Waals surface area contributed by atoms with Crippen LogP contribution in [0.3, 0.4) is 0 Å². The van der Waals surface area contributed by atoms with Crippen LogP contribution in [0.5, 0.6) is 0 Å². The molecule has 0 aliphatic heterocycles. The fourth-order valence-electron chi connectivity index (χ4n) is 5.23. The van der Waals surface area contributed by atoms with E-state index in [0.717, 1.165) is 53.4 Å². The van der Waals surface area contributed by atoms with E-state index in [-0.39, 0.29) is 11.5 Å². The molecule has 7 rings (SSSR count). The Morgan fingerprint density at radius 3 is 2.72 bits per heavy atom. The highest BCUT2D eigenvalue weighted by Gasteiger charge is 2.42. The first-order valence-corrected chi connectivity index (χ1v) is 13.2. The first-order chi connectivity index (χ1) is 17.5. The molecular formula is C25H26N8O2S. The highest BCUT2D eigenvalue weighted by atomic mass is 32.1. The molecule has 36 heavy (non-hydrogen) atoms. The Bertz CT molecular complexity index is 1710. The molecule has 2 saturated carbocycles. The molecule has 2 aliphatic carbocycles. The van der Waals surface area contributed by atoms with Crippen LogP contribution >= 0.6 is 11.3 Å². The van der Waals surface area contributed by atoms with Crippen LogP contribution in [0.1, 0.15) is 38.3 Å². The van der Waals surface area contributed by atoms with Gasteiger partial charge in [0.2, 0.25) is 5.91 Å². The number of amides is 1. The third-order valence-corrected chi connectivity index (χ3v) is 8.13. The summed E-state index contributed by atoms with van der Waals surface area (Å²) < 4.78 is 4.68. The number of hydrogen-bond acceptors (Lipinski definition) is 7. The minimum Gasteiger partial charge on any atom is -0.336 e. The van der Waals surface area contributed by atoms with E-state index < -0.39 is 0 Å².